The molecule has 2 aromatic heterocycles. The number of aryl methyl sites for hydroxylation is 1. The second kappa shape index (κ2) is 11.7. The van der Waals surface area contributed by atoms with Gasteiger partial charge in [-0.3, -0.25) is 0 Å². The first-order valence-corrected chi connectivity index (χ1v) is 11.2. The minimum Gasteiger partial charge on any atom is -0.363 e. The van der Waals surface area contributed by atoms with Gasteiger partial charge in [-0.2, -0.15) is 0 Å². The summed E-state index contributed by atoms with van der Waals surface area (Å²) in [6.07, 6.45) is 3.42. The van der Waals surface area contributed by atoms with Gasteiger partial charge in [-0.1, -0.05) is 6.07 Å². The quantitative estimate of drug-likeness (QED) is 0.395. The number of urea groups is 2. The van der Waals surface area contributed by atoms with Gasteiger partial charge in [0, 0.05) is 65.0 Å². The maximum absolute atomic E-state index is 12.5. The number of rotatable bonds is 8. The fourth-order valence-corrected chi connectivity index (χ4v) is 3.17. The third-order valence-electron chi connectivity index (χ3n) is 5.19. The molecule has 0 unspecified atom stereocenters. The van der Waals surface area contributed by atoms with E-state index in [1.807, 2.05) is 75.2 Å². The summed E-state index contributed by atoms with van der Waals surface area (Å²) in [6.45, 7) is 2.61. The van der Waals surface area contributed by atoms with Crippen molar-refractivity contribution in [1.29, 1.82) is 0 Å². The molecule has 0 saturated carbocycles. The van der Waals surface area contributed by atoms with Crippen LogP contribution in [-0.2, 0) is 13.1 Å². The third kappa shape index (κ3) is 7.60. The second-order valence-corrected chi connectivity index (χ2v) is 8.48. The van der Waals surface area contributed by atoms with Crippen LogP contribution in [0.1, 0.15) is 16.7 Å². The average molecular weight is 477 g/mol. The second-order valence-electron chi connectivity index (χ2n) is 8.48. The number of amides is 4. The van der Waals surface area contributed by atoms with Crippen LogP contribution in [0.4, 0.5) is 32.6 Å². The number of pyridine rings is 2. The van der Waals surface area contributed by atoms with Crippen LogP contribution in [0.5, 0.6) is 0 Å². The Bertz CT molecular complexity index is 1180. The molecule has 2 heterocycles. The molecule has 0 fully saturated rings. The Morgan fingerprint density at radius 2 is 1.26 bits per heavy atom. The number of anilines is 4. The van der Waals surface area contributed by atoms with Crippen molar-refractivity contribution in [2.75, 3.05) is 48.6 Å². The number of hydrogen-bond acceptors (Lipinski definition) is 6. The lowest BCUT2D eigenvalue weighted by molar-refractivity contribution is 0.251. The van der Waals surface area contributed by atoms with Crippen LogP contribution >= 0.6 is 0 Å². The lowest BCUT2D eigenvalue weighted by Gasteiger charge is -2.14. The van der Waals surface area contributed by atoms with Crippen LogP contribution in [0, 0.1) is 6.92 Å². The molecular formula is C25H32N8O2. The fraction of sp³-hybridized carbons (Fsp3) is 0.280. The first kappa shape index (κ1) is 25.3. The molecule has 10 heteroatoms. The number of hydrogen-bond donors (Lipinski definition) is 4. The third-order valence-corrected chi connectivity index (χ3v) is 5.19. The molecule has 0 bridgehead atoms. The number of benzene rings is 1. The van der Waals surface area contributed by atoms with E-state index in [0.717, 1.165) is 28.3 Å². The van der Waals surface area contributed by atoms with Gasteiger partial charge in [-0.25, -0.2) is 19.6 Å². The minimum atomic E-state index is -0.346. The van der Waals surface area contributed by atoms with E-state index in [1.54, 1.807) is 24.5 Å². The maximum atomic E-state index is 12.5. The van der Waals surface area contributed by atoms with E-state index in [9.17, 15) is 9.59 Å². The highest BCUT2D eigenvalue weighted by molar-refractivity contribution is 5.93. The number of carbonyl (C=O) groups excluding carboxylic acids is 2. The molecule has 184 valence electrons. The molecule has 3 rings (SSSR count). The number of aromatic nitrogens is 2. The van der Waals surface area contributed by atoms with Crippen molar-refractivity contribution >= 4 is 35.1 Å². The molecule has 0 aliphatic carbocycles. The molecule has 0 atom stereocenters. The number of nitrogens with zero attached hydrogens (tertiary/aromatic N) is 4. The molecule has 10 nitrogen and oxygen atoms in total. The van der Waals surface area contributed by atoms with Crippen molar-refractivity contribution in [2.24, 2.45) is 0 Å². The molecule has 0 aliphatic heterocycles. The van der Waals surface area contributed by atoms with E-state index < -0.39 is 0 Å². The number of nitrogens with one attached hydrogen (secondary N) is 4. The van der Waals surface area contributed by atoms with E-state index in [-0.39, 0.29) is 12.1 Å². The van der Waals surface area contributed by atoms with Crippen molar-refractivity contribution in [3.8, 4) is 0 Å². The van der Waals surface area contributed by atoms with Gasteiger partial charge in [-0.05, 0) is 60.0 Å². The van der Waals surface area contributed by atoms with Crippen molar-refractivity contribution in [3.05, 3.63) is 71.5 Å². The first-order valence-electron chi connectivity index (χ1n) is 11.2. The van der Waals surface area contributed by atoms with E-state index >= 15 is 0 Å². The summed E-state index contributed by atoms with van der Waals surface area (Å²) in [7, 11) is 7.65. The molecule has 4 amide bonds. The molecule has 0 spiro atoms. The van der Waals surface area contributed by atoms with Gasteiger partial charge in [0.1, 0.15) is 11.6 Å². The van der Waals surface area contributed by atoms with Crippen LogP contribution < -0.4 is 31.1 Å². The molecule has 3 aromatic rings. The van der Waals surface area contributed by atoms with Crippen molar-refractivity contribution < 1.29 is 9.59 Å². The Labute approximate surface area is 205 Å². The lowest BCUT2D eigenvalue weighted by atomic mass is 10.2. The van der Waals surface area contributed by atoms with Crippen molar-refractivity contribution in [1.82, 2.24) is 20.6 Å². The summed E-state index contributed by atoms with van der Waals surface area (Å²) in [6, 6.07) is 12.2. The monoisotopic (exact) mass is 476 g/mol. The Hall–Kier alpha value is -4.34. The summed E-state index contributed by atoms with van der Waals surface area (Å²) < 4.78 is 0. The summed E-state index contributed by atoms with van der Waals surface area (Å²) >= 11 is 0. The molecule has 1 aromatic carbocycles. The van der Waals surface area contributed by atoms with Gasteiger partial charge < -0.3 is 31.1 Å². The highest BCUT2D eigenvalue weighted by atomic mass is 16.2. The standard InChI is InChI=1S/C25H32N8O2/c1-17-6-7-20(30-24(34)28-15-18-8-10-26-22(12-18)32(2)3)14-21(17)31-25(35)29-16-19-9-11-27-23(13-19)33(4)5/h6-14H,15-16H2,1-5H3,(H2,28,30,34)(H2,29,31,35). The molecule has 35 heavy (non-hydrogen) atoms. The SMILES string of the molecule is Cc1ccc(NC(=O)NCc2ccnc(N(C)C)c2)cc1NC(=O)NCc1ccnc(N(C)C)c1. The average Bonchev–Trinajstić information content (AvgIpc) is 2.84. The Morgan fingerprint density at radius 3 is 1.77 bits per heavy atom. The maximum Gasteiger partial charge on any atom is 0.319 e. The Morgan fingerprint density at radius 1 is 0.743 bits per heavy atom. The van der Waals surface area contributed by atoms with Crippen LogP contribution in [0.2, 0.25) is 0 Å². The molecule has 4 N–H and O–H groups in total. The van der Waals surface area contributed by atoms with Gasteiger partial charge >= 0.3 is 12.1 Å². The zero-order chi connectivity index (χ0) is 25.4. The highest BCUT2D eigenvalue weighted by Crippen LogP contribution is 2.20. The normalized spacial score (nSPS) is 10.3. The molecule has 0 radical (unpaired) electrons. The van der Waals surface area contributed by atoms with Crippen LogP contribution in [-0.4, -0.2) is 50.2 Å². The summed E-state index contributed by atoms with van der Waals surface area (Å²) in [4.78, 5) is 37.2. The van der Waals surface area contributed by atoms with Crippen LogP contribution in [0.15, 0.2) is 54.9 Å². The summed E-state index contributed by atoms with van der Waals surface area (Å²) in [5.41, 5.74) is 3.92. The van der Waals surface area contributed by atoms with Gasteiger partial charge in [0.2, 0.25) is 0 Å². The summed E-state index contributed by atoms with van der Waals surface area (Å²) in [5.74, 6) is 1.64. The Kier molecular flexibility index (Phi) is 8.44. The molecular weight excluding hydrogens is 444 g/mol. The van der Waals surface area contributed by atoms with Crippen LogP contribution in [0.25, 0.3) is 0 Å². The van der Waals surface area contributed by atoms with Gasteiger partial charge in [0.15, 0.2) is 0 Å². The fourth-order valence-electron chi connectivity index (χ4n) is 3.17. The predicted molar refractivity (Wildman–Crippen MR) is 140 cm³/mol. The number of carbonyl (C=O) groups is 2. The smallest absolute Gasteiger partial charge is 0.319 e. The first-order chi connectivity index (χ1) is 16.7. The van der Waals surface area contributed by atoms with E-state index in [1.165, 1.54) is 0 Å². The molecule has 0 saturated heterocycles. The Balaban J connectivity index is 1.54. The zero-order valence-electron chi connectivity index (χ0n) is 20.7. The topological polar surface area (TPSA) is 115 Å². The summed E-state index contributed by atoms with van der Waals surface area (Å²) in [5, 5.41) is 11.3. The van der Waals surface area contributed by atoms with Crippen LogP contribution in [0.3, 0.4) is 0 Å². The van der Waals surface area contributed by atoms with E-state index in [2.05, 4.69) is 31.2 Å². The lowest BCUT2D eigenvalue weighted by Crippen LogP contribution is -2.29. The van der Waals surface area contributed by atoms with Gasteiger partial charge in [-0.15, -0.1) is 0 Å². The largest absolute Gasteiger partial charge is 0.363 e. The van der Waals surface area contributed by atoms with Crippen molar-refractivity contribution in [2.45, 2.75) is 20.0 Å². The van der Waals surface area contributed by atoms with Crippen molar-refractivity contribution in [3.63, 3.8) is 0 Å². The predicted octanol–water partition coefficient (Wildman–Crippen LogP) is 3.56. The van der Waals surface area contributed by atoms with Gasteiger partial charge in [0.05, 0.1) is 0 Å². The van der Waals surface area contributed by atoms with E-state index in [4.69, 9.17) is 0 Å². The molecule has 0 aliphatic rings. The zero-order valence-corrected chi connectivity index (χ0v) is 20.7. The minimum absolute atomic E-state index is 0.340. The van der Waals surface area contributed by atoms with Gasteiger partial charge in [0.25, 0.3) is 0 Å². The van der Waals surface area contributed by atoms with E-state index in [0.29, 0.717) is 24.5 Å². The highest BCUT2D eigenvalue weighted by Gasteiger charge is 2.09.